The summed E-state index contributed by atoms with van der Waals surface area (Å²) in [4.78, 5) is 0. The molecule has 0 aromatic carbocycles. The number of unbranched alkanes of at least 4 members (excludes halogenated alkanes) is 2. The third-order valence-corrected chi connectivity index (χ3v) is 5.00. The lowest BCUT2D eigenvalue weighted by molar-refractivity contribution is -0.344. The Hall–Kier alpha value is 0.240. The molecule has 0 rings (SSSR count). The summed E-state index contributed by atoms with van der Waals surface area (Å²) in [7, 11) is 0. The highest BCUT2D eigenvalue weighted by Gasteiger charge is 2.73. The van der Waals surface area contributed by atoms with Gasteiger partial charge >= 0.3 is 12.4 Å². The number of halogens is 8. The summed E-state index contributed by atoms with van der Waals surface area (Å²) in [6.07, 6.45) is -11.3. The zero-order chi connectivity index (χ0) is 16.2. The molecule has 8 heteroatoms. The van der Waals surface area contributed by atoms with E-state index in [-0.39, 0.29) is 12.8 Å². The maximum absolute atomic E-state index is 13.7. The second-order valence-electron chi connectivity index (χ2n) is 4.94. The molecule has 0 aromatic heterocycles. The largest absolute Gasteiger partial charge is 0.431 e. The molecule has 20 heavy (non-hydrogen) atoms. The van der Waals surface area contributed by atoms with Crippen molar-refractivity contribution in [2.45, 2.75) is 73.8 Å². The van der Waals surface area contributed by atoms with Crippen molar-refractivity contribution in [2.24, 2.45) is 0 Å². The highest BCUT2D eigenvalue weighted by molar-refractivity contribution is 14.1. The Kier molecular flexibility index (Phi) is 7.08. The smallest absolute Gasteiger partial charge is 0.224 e. The van der Waals surface area contributed by atoms with Crippen LogP contribution in [0.5, 0.6) is 0 Å². The Morgan fingerprint density at radius 1 is 0.800 bits per heavy atom. The molecule has 0 heterocycles. The first-order chi connectivity index (χ1) is 8.83. The number of alkyl halides is 8. The van der Waals surface area contributed by atoms with Crippen LogP contribution in [0.15, 0.2) is 0 Å². The van der Waals surface area contributed by atoms with Gasteiger partial charge in [0.2, 0.25) is 0 Å². The van der Waals surface area contributed by atoms with Crippen molar-refractivity contribution in [1.29, 1.82) is 0 Å². The van der Waals surface area contributed by atoms with Crippen LogP contribution in [0.2, 0.25) is 0 Å². The molecule has 0 fully saturated rings. The standard InChI is InChI=1S/C12H18F7I/c1-3-5-6-7-9(20,4-2)8-10(13,11(14,15)16)12(17,18)19/h3-8H2,1-2H3. The molecule has 1 unspecified atom stereocenters. The lowest BCUT2D eigenvalue weighted by Crippen LogP contribution is -2.56. The zero-order valence-corrected chi connectivity index (χ0v) is 13.4. The van der Waals surface area contributed by atoms with Crippen LogP contribution >= 0.6 is 22.6 Å². The third-order valence-electron chi connectivity index (χ3n) is 3.32. The van der Waals surface area contributed by atoms with Gasteiger partial charge in [-0.1, -0.05) is 55.7 Å². The quantitative estimate of drug-likeness (QED) is 0.194. The molecule has 0 aliphatic rings. The molecule has 122 valence electrons. The minimum Gasteiger partial charge on any atom is -0.224 e. The SMILES string of the molecule is CCCCCC(I)(CC)CC(F)(C(F)(F)F)C(F)(F)F. The molecule has 0 aliphatic heterocycles. The van der Waals surface area contributed by atoms with Crippen molar-refractivity contribution in [3.05, 3.63) is 0 Å². The first kappa shape index (κ1) is 20.2. The van der Waals surface area contributed by atoms with E-state index in [1.54, 1.807) is 22.6 Å². The number of rotatable bonds is 7. The van der Waals surface area contributed by atoms with E-state index in [0.29, 0.717) is 12.8 Å². The Bertz CT molecular complexity index is 283. The fraction of sp³-hybridized carbons (Fsp3) is 1.00. The normalized spacial score (nSPS) is 17.1. The van der Waals surface area contributed by atoms with Gasteiger partial charge in [0.25, 0.3) is 5.67 Å². The van der Waals surface area contributed by atoms with Crippen LogP contribution in [0.4, 0.5) is 30.7 Å². The van der Waals surface area contributed by atoms with Crippen molar-refractivity contribution in [3.63, 3.8) is 0 Å². The molecule has 0 saturated heterocycles. The molecule has 0 aromatic rings. The molecule has 0 radical (unpaired) electrons. The Morgan fingerprint density at radius 2 is 1.25 bits per heavy atom. The maximum Gasteiger partial charge on any atom is 0.431 e. The minimum absolute atomic E-state index is 0.0507. The number of hydrogen-bond donors (Lipinski definition) is 0. The second-order valence-corrected chi connectivity index (χ2v) is 7.22. The molecule has 0 spiro atoms. The first-order valence-electron chi connectivity index (χ1n) is 6.34. The van der Waals surface area contributed by atoms with E-state index in [4.69, 9.17) is 0 Å². The maximum atomic E-state index is 13.7. The predicted octanol–water partition coefficient (Wildman–Crippen LogP) is 6.37. The van der Waals surface area contributed by atoms with Gasteiger partial charge < -0.3 is 0 Å². The predicted molar refractivity (Wildman–Crippen MR) is 71.8 cm³/mol. The molecule has 0 nitrogen and oxygen atoms in total. The van der Waals surface area contributed by atoms with Crippen molar-refractivity contribution in [1.82, 2.24) is 0 Å². The zero-order valence-electron chi connectivity index (χ0n) is 11.3. The van der Waals surface area contributed by atoms with Gasteiger partial charge in [-0.25, -0.2) is 4.39 Å². The van der Waals surface area contributed by atoms with Crippen LogP contribution in [0.25, 0.3) is 0 Å². The van der Waals surface area contributed by atoms with Gasteiger partial charge in [0.1, 0.15) is 0 Å². The fourth-order valence-corrected chi connectivity index (χ4v) is 2.79. The highest BCUT2D eigenvalue weighted by atomic mass is 127. The molecule has 1 atom stereocenters. The average molecular weight is 422 g/mol. The molecular weight excluding hydrogens is 404 g/mol. The van der Waals surface area contributed by atoms with E-state index in [1.165, 1.54) is 6.92 Å². The molecule has 0 bridgehead atoms. The Labute approximate surface area is 127 Å². The van der Waals surface area contributed by atoms with Gasteiger partial charge in [0, 0.05) is 9.84 Å². The molecular formula is C12H18F7I. The van der Waals surface area contributed by atoms with Crippen LogP contribution < -0.4 is 0 Å². The van der Waals surface area contributed by atoms with Gasteiger partial charge in [-0.05, 0) is 12.8 Å². The van der Waals surface area contributed by atoms with Crippen molar-refractivity contribution in [2.75, 3.05) is 0 Å². The first-order valence-corrected chi connectivity index (χ1v) is 7.42. The second kappa shape index (κ2) is 7.00. The van der Waals surface area contributed by atoms with E-state index in [0.717, 1.165) is 6.42 Å². The lowest BCUT2D eigenvalue weighted by Gasteiger charge is -2.37. The molecule has 0 N–H and O–H groups in total. The van der Waals surface area contributed by atoms with Crippen molar-refractivity contribution >= 4 is 22.6 Å². The summed E-state index contributed by atoms with van der Waals surface area (Å²) in [6, 6.07) is 0. The van der Waals surface area contributed by atoms with Gasteiger partial charge in [-0.3, -0.25) is 0 Å². The summed E-state index contributed by atoms with van der Waals surface area (Å²) in [5.74, 6) is 0. The van der Waals surface area contributed by atoms with Crippen molar-refractivity contribution < 1.29 is 30.7 Å². The van der Waals surface area contributed by atoms with Crippen LogP contribution in [-0.4, -0.2) is 21.4 Å². The Balaban J connectivity index is 5.23. The van der Waals surface area contributed by atoms with E-state index in [9.17, 15) is 30.7 Å². The Morgan fingerprint density at radius 3 is 1.55 bits per heavy atom. The van der Waals surface area contributed by atoms with E-state index < -0.39 is 27.9 Å². The molecule has 0 saturated carbocycles. The fourth-order valence-electron chi connectivity index (χ4n) is 1.88. The summed E-state index contributed by atoms with van der Waals surface area (Å²) in [6.45, 7) is 3.34. The average Bonchev–Trinajstić information content (AvgIpc) is 2.26. The third kappa shape index (κ3) is 4.91. The molecule has 0 aliphatic carbocycles. The van der Waals surface area contributed by atoms with E-state index in [1.807, 2.05) is 6.92 Å². The number of hydrogen-bond acceptors (Lipinski definition) is 0. The van der Waals surface area contributed by atoms with E-state index in [2.05, 4.69) is 0 Å². The summed E-state index contributed by atoms with van der Waals surface area (Å²) >= 11 is 1.54. The summed E-state index contributed by atoms with van der Waals surface area (Å²) < 4.78 is 87.7. The van der Waals surface area contributed by atoms with Crippen LogP contribution in [0, 0.1) is 0 Å². The summed E-state index contributed by atoms with van der Waals surface area (Å²) in [5.41, 5.74) is -5.15. The topological polar surface area (TPSA) is 0 Å². The van der Waals surface area contributed by atoms with Gasteiger partial charge in [-0.15, -0.1) is 0 Å². The highest BCUT2D eigenvalue weighted by Crippen LogP contribution is 2.53. The van der Waals surface area contributed by atoms with Crippen LogP contribution in [0.3, 0.4) is 0 Å². The van der Waals surface area contributed by atoms with Gasteiger partial charge in [0.05, 0.1) is 0 Å². The summed E-state index contributed by atoms with van der Waals surface area (Å²) in [5, 5.41) is 0. The van der Waals surface area contributed by atoms with Crippen molar-refractivity contribution in [3.8, 4) is 0 Å². The van der Waals surface area contributed by atoms with Crippen LogP contribution in [0.1, 0.15) is 52.4 Å². The van der Waals surface area contributed by atoms with Gasteiger partial charge in [-0.2, -0.15) is 26.3 Å². The van der Waals surface area contributed by atoms with Gasteiger partial charge in [0.15, 0.2) is 0 Å². The minimum atomic E-state index is -5.96. The van der Waals surface area contributed by atoms with E-state index >= 15 is 0 Å². The monoisotopic (exact) mass is 422 g/mol. The van der Waals surface area contributed by atoms with Crippen LogP contribution in [-0.2, 0) is 0 Å². The molecule has 0 amide bonds. The lowest BCUT2D eigenvalue weighted by atomic mass is 9.85.